The average Bonchev–Trinajstić information content (AvgIpc) is 3.24. The minimum atomic E-state index is -3.73. The monoisotopic (exact) mass is 494 g/mol. The predicted molar refractivity (Wildman–Crippen MR) is 129 cm³/mol. The lowest BCUT2D eigenvalue weighted by atomic mass is 10.2. The first-order valence-corrected chi connectivity index (χ1v) is 13.7. The molecule has 0 atom stereocenters. The minimum absolute atomic E-state index is 0.196. The van der Waals surface area contributed by atoms with Crippen LogP contribution in [0.1, 0.15) is 5.56 Å². The van der Waals surface area contributed by atoms with E-state index >= 15 is 0 Å². The summed E-state index contributed by atoms with van der Waals surface area (Å²) in [6, 6.07) is 10.2. The highest BCUT2D eigenvalue weighted by atomic mass is 32.3. The Labute approximate surface area is 196 Å². The Morgan fingerprint density at radius 3 is 2.22 bits per heavy atom. The molecule has 11 heteroatoms. The van der Waals surface area contributed by atoms with Gasteiger partial charge in [0, 0.05) is 61.6 Å². The Kier molecular flexibility index (Phi) is 6.48. The number of benzene rings is 1. The second kappa shape index (κ2) is 9.34. The highest BCUT2D eigenvalue weighted by molar-refractivity contribution is 8.03. The van der Waals surface area contributed by atoms with Gasteiger partial charge in [-0.05, 0) is 36.4 Å². The zero-order valence-electron chi connectivity index (χ0n) is 17.6. The molecular formula is C21H26N4O4S3. The van der Waals surface area contributed by atoms with Crippen LogP contribution in [-0.2, 0) is 19.5 Å². The standard InChI is InChI=1S/C21H26N4O4S3/c22-32(26,27)20-14-16-13-19(15-23-5-9-28-10-6-23)25(31-21(16)30-20)18-3-1-17(2-4-18)24-7-11-29-12-8-24/h1-4,13-14H,5-12,15H2,(H2,22,26,27). The Bertz CT molecular complexity index is 1090. The summed E-state index contributed by atoms with van der Waals surface area (Å²) in [6.45, 7) is 7.29. The lowest BCUT2D eigenvalue weighted by Crippen LogP contribution is -2.39. The number of nitrogens with two attached hydrogens (primary N) is 1. The molecule has 2 saturated heterocycles. The molecule has 8 nitrogen and oxygen atoms in total. The fraction of sp³-hybridized carbons (Fsp3) is 0.429. The molecule has 3 aliphatic heterocycles. The van der Waals surface area contributed by atoms with Crippen molar-refractivity contribution in [2.45, 2.75) is 8.42 Å². The number of morpholine rings is 2. The van der Waals surface area contributed by atoms with E-state index in [4.69, 9.17) is 14.6 Å². The number of nitrogens with zero attached hydrogens (tertiary/aromatic N) is 3. The Morgan fingerprint density at radius 1 is 0.938 bits per heavy atom. The molecule has 32 heavy (non-hydrogen) atoms. The maximum Gasteiger partial charge on any atom is 0.247 e. The quantitative estimate of drug-likeness (QED) is 0.634. The van der Waals surface area contributed by atoms with Crippen LogP contribution in [0.15, 0.2) is 44.4 Å². The van der Waals surface area contributed by atoms with Crippen molar-refractivity contribution in [3.05, 3.63) is 41.6 Å². The molecule has 2 N–H and O–H groups in total. The lowest BCUT2D eigenvalue weighted by Gasteiger charge is -2.34. The van der Waals surface area contributed by atoms with Gasteiger partial charge in [0.05, 0.1) is 36.3 Å². The van der Waals surface area contributed by atoms with Crippen molar-refractivity contribution in [2.75, 3.05) is 68.4 Å². The van der Waals surface area contributed by atoms with E-state index in [-0.39, 0.29) is 4.21 Å². The highest BCUT2D eigenvalue weighted by Gasteiger charge is 2.27. The molecule has 0 saturated carbocycles. The third-order valence-electron chi connectivity index (χ3n) is 5.69. The summed E-state index contributed by atoms with van der Waals surface area (Å²) in [6.07, 6.45) is 2.09. The van der Waals surface area contributed by atoms with Crippen LogP contribution in [0.3, 0.4) is 0 Å². The molecule has 0 radical (unpaired) electrons. The molecule has 0 aliphatic carbocycles. The van der Waals surface area contributed by atoms with Gasteiger partial charge >= 0.3 is 0 Å². The van der Waals surface area contributed by atoms with Crippen LogP contribution < -0.4 is 14.3 Å². The number of hydrogen-bond acceptors (Lipinski definition) is 9. The van der Waals surface area contributed by atoms with Crippen LogP contribution >= 0.6 is 23.3 Å². The third kappa shape index (κ3) is 4.84. The molecule has 172 valence electrons. The van der Waals surface area contributed by atoms with E-state index in [2.05, 4.69) is 44.4 Å². The SMILES string of the molecule is NS(=O)(=O)c1cc2c(s1)SN(c1ccc(N3CCOCC3)cc1)C(CN1CCOCC1)=C2. The topological polar surface area (TPSA) is 88.3 Å². The number of ether oxygens (including phenoxy) is 2. The van der Waals surface area contributed by atoms with Crippen LogP contribution in [0, 0.1) is 0 Å². The van der Waals surface area contributed by atoms with E-state index in [0.29, 0.717) is 0 Å². The third-order valence-corrected chi connectivity index (χ3v) is 9.56. The van der Waals surface area contributed by atoms with E-state index in [1.54, 1.807) is 18.0 Å². The van der Waals surface area contributed by atoms with E-state index in [9.17, 15) is 8.42 Å². The number of thiophene rings is 1. The van der Waals surface area contributed by atoms with E-state index < -0.39 is 10.0 Å². The fourth-order valence-corrected chi connectivity index (χ4v) is 7.25. The van der Waals surface area contributed by atoms with Crippen molar-refractivity contribution in [3.8, 4) is 0 Å². The molecule has 0 unspecified atom stereocenters. The van der Waals surface area contributed by atoms with E-state index in [0.717, 1.165) is 80.3 Å². The summed E-state index contributed by atoms with van der Waals surface area (Å²) in [5, 5.41) is 5.39. The first-order valence-electron chi connectivity index (χ1n) is 10.6. The number of fused-ring (bicyclic) bond motifs is 1. The lowest BCUT2D eigenvalue weighted by molar-refractivity contribution is 0.0423. The molecule has 4 heterocycles. The molecule has 2 fully saturated rings. The van der Waals surface area contributed by atoms with Crippen molar-refractivity contribution in [2.24, 2.45) is 5.14 Å². The summed E-state index contributed by atoms with van der Waals surface area (Å²) in [5.74, 6) is 0. The van der Waals surface area contributed by atoms with E-state index in [1.165, 1.54) is 17.0 Å². The van der Waals surface area contributed by atoms with Crippen LogP contribution in [-0.4, -0.2) is 72.5 Å². The fourth-order valence-electron chi connectivity index (χ4n) is 3.99. The summed E-state index contributed by atoms with van der Waals surface area (Å²) < 4.78 is 38.1. The second-order valence-electron chi connectivity index (χ2n) is 7.88. The molecule has 1 aromatic carbocycles. The highest BCUT2D eigenvalue weighted by Crippen LogP contribution is 2.45. The molecule has 3 aliphatic rings. The van der Waals surface area contributed by atoms with Crippen LogP contribution in [0.5, 0.6) is 0 Å². The maximum atomic E-state index is 11.9. The van der Waals surface area contributed by atoms with Crippen LogP contribution in [0.25, 0.3) is 6.08 Å². The molecule has 0 spiro atoms. The summed E-state index contributed by atoms with van der Waals surface area (Å²) in [5.41, 5.74) is 4.27. The molecular weight excluding hydrogens is 468 g/mol. The largest absolute Gasteiger partial charge is 0.379 e. The number of sulfonamides is 1. The molecule has 1 aromatic heterocycles. The predicted octanol–water partition coefficient (Wildman–Crippen LogP) is 2.43. The van der Waals surface area contributed by atoms with Crippen molar-refractivity contribution in [3.63, 3.8) is 0 Å². The number of rotatable bonds is 5. The summed E-state index contributed by atoms with van der Waals surface area (Å²) >= 11 is 2.78. The van der Waals surface area contributed by atoms with Crippen molar-refractivity contribution < 1.29 is 17.9 Å². The summed E-state index contributed by atoms with van der Waals surface area (Å²) in [4.78, 5) is 4.69. The van der Waals surface area contributed by atoms with Gasteiger partial charge in [-0.3, -0.25) is 9.21 Å². The van der Waals surface area contributed by atoms with Gasteiger partial charge in [-0.1, -0.05) is 0 Å². The minimum Gasteiger partial charge on any atom is -0.379 e. The smallest absolute Gasteiger partial charge is 0.247 e. The number of primary sulfonamides is 1. The molecule has 0 bridgehead atoms. The Morgan fingerprint density at radius 2 is 1.56 bits per heavy atom. The van der Waals surface area contributed by atoms with Gasteiger partial charge in [-0.25, -0.2) is 13.6 Å². The Hall–Kier alpha value is -1.60. The molecule has 2 aromatic rings. The normalized spacial score (nSPS) is 20.2. The van der Waals surface area contributed by atoms with Gasteiger partial charge in [0.25, 0.3) is 0 Å². The molecule has 5 rings (SSSR count). The average molecular weight is 495 g/mol. The van der Waals surface area contributed by atoms with Gasteiger partial charge in [-0.15, -0.1) is 11.3 Å². The van der Waals surface area contributed by atoms with Gasteiger partial charge in [0.1, 0.15) is 4.21 Å². The van der Waals surface area contributed by atoms with Gasteiger partial charge < -0.3 is 14.4 Å². The second-order valence-corrected chi connectivity index (χ2v) is 11.9. The number of hydrogen-bond donors (Lipinski definition) is 1. The van der Waals surface area contributed by atoms with Crippen molar-refractivity contribution in [1.82, 2.24) is 4.90 Å². The first kappa shape index (κ1) is 22.2. The molecule has 0 amide bonds. The first-order chi connectivity index (χ1) is 15.5. The van der Waals surface area contributed by atoms with Crippen molar-refractivity contribution in [1.29, 1.82) is 0 Å². The maximum absolute atomic E-state index is 11.9. The van der Waals surface area contributed by atoms with Gasteiger partial charge in [0.15, 0.2) is 0 Å². The number of anilines is 2. The Balaban J connectivity index is 1.44. The van der Waals surface area contributed by atoms with Crippen LogP contribution in [0.2, 0.25) is 0 Å². The van der Waals surface area contributed by atoms with Gasteiger partial charge in [-0.2, -0.15) is 0 Å². The van der Waals surface area contributed by atoms with Gasteiger partial charge in [0.2, 0.25) is 10.0 Å². The zero-order valence-corrected chi connectivity index (χ0v) is 20.1. The van der Waals surface area contributed by atoms with Crippen LogP contribution in [0.4, 0.5) is 11.4 Å². The van der Waals surface area contributed by atoms with Crippen molar-refractivity contribution >= 4 is 50.8 Å². The van der Waals surface area contributed by atoms with E-state index in [1.807, 2.05) is 0 Å². The summed E-state index contributed by atoms with van der Waals surface area (Å²) in [7, 11) is -3.73. The zero-order chi connectivity index (χ0) is 22.1.